The van der Waals surface area contributed by atoms with Gasteiger partial charge in [-0.2, -0.15) is 0 Å². The first-order valence-corrected chi connectivity index (χ1v) is 9.11. The average molecular weight is 318 g/mol. The molecule has 0 bridgehead atoms. The second-order valence-corrected chi connectivity index (χ2v) is 7.18. The second kappa shape index (κ2) is 7.47. The Morgan fingerprint density at radius 3 is 2.65 bits per heavy atom. The molecule has 1 amide bonds. The SMILES string of the molecule is Cc1nccn1CCC(=O)N1CCC([C@@H]2CCCCN2C)CC1. The fraction of sp³-hybridized carbons (Fsp3) is 0.778. The molecular weight excluding hydrogens is 288 g/mol. The zero-order valence-corrected chi connectivity index (χ0v) is 14.6. The minimum atomic E-state index is 0.300. The lowest BCUT2D eigenvalue weighted by atomic mass is 9.84. The van der Waals surface area contributed by atoms with Crippen molar-refractivity contribution in [3.8, 4) is 0 Å². The van der Waals surface area contributed by atoms with Crippen LogP contribution in [0.3, 0.4) is 0 Å². The van der Waals surface area contributed by atoms with Crippen molar-refractivity contribution in [2.45, 2.75) is 58.0 Å². The van der Waals surface area contributed by atoms with E-state index in [1.165, 1.54) is 38.6 Å². The summed E-state index contributed by atoms with van der Waals surface area (Å²) >= 11 is 0. The molecule has 0 aromatic carbocycles. The summed E-state index contributed by atoms with van der Waals surface area (Å²) in [5, 5.41) is 0. The zero-order chi connectivity index (χ0) is 16.2. The summed E-state index contributed by atoms with van der Waals surface area (Å²) in [5.41, 5.74) is 0. The number of carbonyl (C=O) groups excluding carboxylic acids is 1. The maximum atomic E-state index is 12.4. The molecule has 1 atom stereocenters. The van der Waals surface area contributed by atoms with Crippen LogP contribution in [0.5, 0.6) is 0 Å². The van der Waals surface area contributed by atoms with E-state index in [1.54, 1.807) is 6.20 Å². The van der Waals surface area contributed by atoms with Crippen LogP contribution in [0.15, 0.2) is 12.4 Å². The van der Waals surface area contributed by atoms with Gasteiger partial charge in [-0.15, -0.1) is 0 Å². The lowest BCUT2D eigenvalue weighted by molar-refractivity contribution is -0.133. The molecule has 128 valence electrons. The van der Waals surface area contributed by atoms with Crippen LogP contribution in [0.2, 0.25) is 0 Å². The smallest absolute Gasteiger partial charge is 0.224 e. The summed E-state index contributed by atoms with van der Waals surface area (Å²) < 4.78 is 2.06. The van der Waals surface area contributed by atoms with Crippen molar-refractivity contribution in [3.05, 3.63) is 18.2 Å². The van der Waals surface area contributed by atoms with Gasteiger partial charge in [-0.1, -0.05) is 6.42 Å². The largest absolute Gasteiger partial charge is 0.343 e. The summed E-state index contributed by atoms with van der Waals surface area (Å²) in [6.45, 7) is 5.86. The molecule has 3 rings (SSSR count). The third-order valence-corrected chi connectivity index (χ3v) is 5.75. The quantitative estimate of drug-likeness (QED) is 0.855. The van der Waals surface area contributed by atoms with E-state index in [0.29, 0.717) is 12.3 Å². The van der Waals surface area contributed by atoms with Gasteiger partial charge in [-0.05, 0) is 52.1 Å². The number of aromatic nitrogens is 2. The molecular formula is C18H30N4O. The summed E-state index contributed by atoms with van der Waals surface area (Å²) in [7, 11) is 2.27. The number of hydrogen-bond donors (Lipinski definition) is 0. The van der Waals surface area contributed by atoms with Crippen molar-refractivity contribution in [3.63, 3.8) is 0 Å². The number of likely N-dealkylation sites (tertiary alicyclic amines) is 2. The molecule has 2 aliphatic rings. The molecule has 23 heavy (non-hydrogen) atoms. The summed E-state index contributed by atoms with van der Waals surface area (Å²) in [4.78, 5) is 21.3. The Hall–Kier alpha value is -1.36. The molecule has 2 fully saturated rings. The monoisotopic (exact) mass is 318 g/mol. The highest BCUT2D eigenvalue weighted by Gasteiger charge is 2.31. The molecule has 0 radical (unpaired) electrons. The number of piperidine rings is 2. The van der Waals surface area contributed by atoms with Crippen LogP contribution in [0.25, 0.3) is 0 Å². The number of nitrogens with zero attached hydrogens (tertiary/aromatic N) is 4. The molecule has 0 unspecified atom stereocenters. The van der Waals surface area contributed by atoms with Crippen molar-refractivity contribution in [2.75, 3.05) is 26.7 Å². The summed E-state index contributed by atoms with van der Waals surface area (Å²) in [6, 6.07) is 0.745. The molecule has 0 spiro atoms. The highest BCUT2D eigenvalue weighted by atomic mass is 16.2. The Labute approximate surface area is 139 Å². The predicted octanol–water partition coefficient (Wildman–Crippen LogP) is 2.30. The number of imidazole rings is 1. The standard InChI is InChI=1S/C18H30N4O/c1-15-19-9-14-21(15)13-8-18(23)22-11-6-16(7-12-22)17-5-3-4-10-20(17)2/h9,14,16-17H,3-8,10-13H2,1-2H3/t17-/m0/s1. The predicted molar refractivity (Wildman–Crippen MR) is 91.2 cm³/mol. The maximum Gasteiger partial charge on any atom is 0.224 e. The van der Waals surface area contributed by atoms with Crippen LogP contribution in [-0.4, -0.2) is 58.0 Å². The van der Waals surface area contributed by atoms with Gasteiger partial charge in [-0.3, -0.25) is 4.79 Å². The van der Waals surface area contributed by atoms with E-state index in [0.717, 1.165) is 37.4 Å². The Balaban J connectivity index is 1.44. The van der Waals surface area contributed by atoms with E-state index < -0.39 is 0 Å². The van der Waals surface area contributed by atoms with E-state index in [-0.39, 0.29) is 0 Å². The third kappa shape index (κ3) is 3.94. The van der Waals surface area contributed by atoms with Crippen molar-refractivity contribution in [2.24, 2.45) is 5.92 Å². The minimum absolute atomic E-state index is 0.300. The Morgan fingerprint density at radius 2 is 2.00 bits per heavy atom. The van der Waals surface area contributed by atoms with Crippen LogP contribution >= 0.6 is 0 Å². The third-order valence-electron chi connectivity index (χ3n) is 5.75. The number of rotatable bonds is 4. The normalized spacial score (nSPS) is 24.1. The van der Waals surface area contributed by atoms with E-state index in [9.17, 15) is 4.79 Å². The van der Waals surface area contributed by atoms with Gasteiger partial charge in [0.05, 0.1) is 0 Å². The van der Waals surface area contributed by atoms with Gasteiger partial charge >= 0.3 is 0 Å². The van der Waals surface area contributed by atoms with Crippen LogP contribution in [0, 0.1) is 12.8 Å². The van der Waals surface area contributed by atoms with Crippen molar-refractivity contribution in [1.29, 1.82) is 0 Å². The van der Waals surface area contributed by atoms with E-state index >= 15 is 0 Å². The molecule has 0 N–H and O–H groups in total. The number of aryl methyl sites for hydroxylation is 2. The molecule has 1 aromatic heterocycles. The van der Waals surface area contributed by atoms with Gasteiger partial charge in [0.2, 0.25) is 5.91 Å². The number of amides is 1. The van der Waals surface area contributed by atoms with Gasteiger partial charge in [0.1, 0.15) is 5.82 Å². The zero-order valence-electron chi connectivity index (χ0n) is 14.6. The van der Waals surface area contributed by atoms with Gasteiger partial charge in [0, 0.05) is 44.5 Å². The molecule has 0 aliphatic carbocycles. The molecule has 0 saturated carbocycles. The van der Waals surface area contributed by atoms with E-state index in [1.807, 2.05) is 13.1 Å². The van der Waals surface area contributed by atoms with Gasteiger partial charge in [-0.25, -0.2) is 4.98 Å². The Bertz CT molecular complexity index is 519. The number of hydrogen-bond acceptors (Lipinski definition) is 3. The summed E-state index contributed by atoms with van der Waals surface area (Å²) in [6.07, 6.45) is 10.7. The first-order valence-electron chi connectivity index (χ1n) is 9.11. The first kappa shape index (κ1) is 16.5. The minimum Gasteiger partial charge on any atom is -0.343 e. The number of carbonyl (C=O) groups is 1. The van der Waals surface area contributed by atoms with Gasteiger partial charge < -0.3 is 14.4 Å². The highest BCUT2D eigenvalue weighted by molar-refractivity contribution is 5.76. The Morgan fingerprint density at radius 1 is 1.22 bits per heavy atom. The van der Waals surface area contributed by atoms with Crippen LogP contribution in [0.1, 0.15) is 44.3 Å². The van der Waals surface area contributed by atoms with Crippen LogP contribution in [0.4, 0.5) is 0 Å². The molecule has 5 nitrogen and oxygen atoms in total. The molecule has 1 aromatic rings. The average Bonchev–Trinajstić information content (AvgIpc) is 2.98. The van der Waals surface area contributed by atoms with Crippen LogP contribution < -0.4 is 0 Å². The molecule has 5 heteroatoms. The van der Waals surface area contributed by atoms with E-state index in [4.69, 9.17) is 0 Å². The fourth-order valence-corrected chi connectivity index (χ4v) is 4.24. The molecule has 3 heterocycles. The first-order chi connectivity index (χ1) is 11.1. The molecule has 2 aliphatic heterocycles. The van der Waals surface area contributed by atoms with Crippen molar-refractivity contribution in [1.82, 2.24) is 19.4 Å². The van der Waals surface area contributed by atoms with Gasteiger partial charge in [0.15, 0.2) is 0 Å². The topological polar surface area (TPSA) is 41.4 Å². The highest BCUT2D eigenvalue weighted by Crippen LogP contribution is 2.29. The van der Waals surface area contributed by atoms with Crippen LogP contribution in [-0.2, 0) is 11.3 Å². The van der Waals surface area contributed by atoms with Crippen molar-refractivity contribution >= 4 is 5.91 Å². The molecule has 2 saturated heterocycles. The second-order valence-electron chi connectivity index (χ2n) is 7.18. The summed E-state index contributed by atoms with van der Waals surface area (Å²) in [5.74, 6) is 2.06. The fourth-order valence-electron chi connectivity index (χ4n) is 4.24. The Kier molecular flexibility index (Phi) is 5.36. The lowest BCUT2D eigenvalue weighted by Crippen LogP contribution is -2.47. The van der Waals surface area contributed by atoms with Crippen molar-refractivity contribution < 1.29 is 4.79 Å². The maximum absolute atomic E-state index is 12.4. The van der Waals surface area contributed by atoms with Gasteiger partial charge in [0.25, 0.3) is 0 Å². The van der Waals surface area contributed by atoms with E-state index in [2.05, 4.69) is 26.4 Å². The lowest BCUT2D eigenvalue weighted by Gasteiger charge is -2.42.